The van der Waals surface area contributed by atoms with Crippen molar-refractivity contribution in [3.63, 3.8) is 0 Å². The van der Waals surface area contributed by atoms with E-state index in [1.165, 1.54) is 31.2 Å². The van der Waals surface area contributed by atoms with Crippen LogP contribution in [0.4, 0.5) is 0 Å². The number of hydrogen-bond donors (Lipinski definition) is 2. The van der Waals surface area contributed by atoms with E-state index in [0.29, 0.717) is 18.7 Å². The van der Waals surface area contributed by atoms with Gasteiger partial charge in [-0.2, -0.15) is 0 Å². The lowest BCUT2D eigenvalue weighted by Gasteiger charge is -2.31. The zero-order chi connectivity index (χ0) is 17.6. The molecule has 6 heteroatoms. The Bertz CT molecular complexity index is 594. The topological polar surface area (TPSA) is 72.9 Å². The van der Waals surface area contributed by atoms with Crippen LogP contribution in [0, 0.1) is 0 Å². The first-order chi connectivity index (χ1) is 12.1. The zero-order valence-corrected chi connectivity index (χ0v) is 14.6. The first-order valence-electron chi connectivity index (χ1n) is 9.20. The van der Waals surface area contributed by atoms with Crippen molar-refractivity contribution in [3.8, 4) is 0 Å². The molecule has 1 aromatic rings. The van der Waals surface area contributed by atoms with E-state index >= 15 is 0 Å². The standard InChI is InChI=1S/C19H27N3O3/c23-18(22-12-9-20-17(14-22)19(24)25)16-7-5-15(6-8-16)13-21-10-3-1-2-4-11-21/h5-8,17,20H,1-4,9-14H2,(H,24,25)/t17-/m0/s1. The van der Waals surface area contributed by atoms with Gasteiger partial charge in [-0.3, -0.25) is 14.5 Å². The Kier molecular flexibility index (Phi) is 6.04. The van der Waals surface area contributed by atoms with E-state index in [9.17, 15) is 9.59 Å². The Morgan fingerprint density at radius 2 is 1.72 bits per heavy atom. The van der Waals surface area contributed by atoms with E-state index in [4.69, 9.17) is 5.11 Å². The van der Waals surface area contributed by atoms with E-state index in [0.717, 1.165) is 19.6 Å². The maximum atomic E-state index is 12.6. The fourth-order valence-corrected chi connectivity index (χ4v) is 3.59. The number of carbonyl (C=O) groups is 2. The maximum absolute atomic E-state index is 12.6. The summed E-state index contributed by atoms with van der Waals surface area (Å²) in [5.74, 6) is -1.00. The van der Waals surface area contributed by atoms with E-state index in [2.05, 4.69) is 10.2 Å². The molecule has 2 fully saturated rings. The fraction of sp³-hybridized carbons (Fsp3) is 0.579. The van der Waals surface area contributed by atoms with Crippen LogP contribution in [-0.2, 0) is 11.3 Å². The molecular weight excluding hydrogens is 318 g/mol. The highest BCUT2D eigenvalue weighted by Gasteiger charge is 2.28. The number of carbonyl (C=O) groups excluding carboxylic acids is 1. The van der Waals surface area contributed by atoms with Crippen molar-refractivity contribution in [1.82, 2.24) is 15.1 Å². The van der Waals surface area contributed by atoms with Gasteiger partial charge >= 0.3 is 5.97 Å². The van der Waals surface area contributed by atoms with Crippen molar-refractivity contribution in [3.05, 3.63) is 35.4 Å². The van der Waals surface area contributed by atoms with Gasteiger partial charge in [-0.1, -0.05) is 25.0 Å². The van der Waals surface area contributed by atoms with Crippen molar-refractivity contribution in [1.29, 1.82) is 0 Å². The predicted octanol–water partition coefficient (Wildman–Crippen LogP) is 1.56. The van der Waals surface area contributed by atoms with Gasteiger partial charge in [0.1, 0.15) is 6.04 Å². The van der Waals surface area contributed by atoms with Crippen LogP contribution < -0.4 is 5.32 Å². The van der Waals surface area contributed by atoms with Gasteiger partial charge in [0.05, 0.1) is 0 Å². The van der Waals surface area contributed by atoms with E-state index in [1.54, 1.807) is 4.90 Å². The number of hydrogen-bond acceptors (Lipinski definition) is 4. The van der Waals surface area contributed by atoms with E-state index in [-0.39, 0.29) is 12.5 Å². The molecule has 2 heterocycles. The lowest BCUT2D eigenvalue weighted by atomic mass is 10.1. The number of likely N-dealkylation sites (tertiary alicyclic amines) is 1. The van der Waals surface area contributed by atoms with Gasteiger partial charge in [0.2, 0.25) is 0 Å². The van der Waals surface area contributed by atoms with Gasteiger partial charge in [-0.15, -0.1) is 0 Å². The van der Waals surface area contributed by atoms with Crippen LogP contribution in [0.15, 0.2) is 24.3 Å². The number of carboxylic acid groups (broad SMARTS) is 1. The van der Waals surface area contributed by atoms with Gasteiger partial charge in [-0.25, -0.2) is 0 Å². The average molecular weight is 345 g/mol. The molecule has 2 aliphatic rings. The van der Waals surface area contributed by atoms with Crippen LogP contribution in [0.5, 0.6) is 0 Å². The molecule has 0 spiro atoms. The van der Waals surface area contributed by atoms with Crippen molar-refractivity contribution < 1.29 is 14.7 Å². The third kappa shape index (κ3) is 4.80. The zero-order valence-electron chi connectivity index (χ0n) is 14.6. The summed E-state index contributed by atoms with van der Waals surface area (Å²) in [7, 11) is 0. The van der Waals surface area contributed by atoms with Crippen LogP contribution in [0.2, 0.25) is 0 Å². The molecule has 2 N–H and O–H groups in total. The molecule has 0 saturated carbocycles. The molecule has 0 radical (unpaired) electrons. The molecule has 2 aliphatic heterocycles. The van der Waals surface area contributed by atoms with Crippen LogP contribution in [0.25, 0.3) is 0 Å². The highest BCUT2D eigenvalue weighted by molar-refractivity contribution is 5.94. The average Bonchev–Trinajstić information content (AvgIpc) is 2.90. The van der Waals surface area contributed by atoms with Crippen molar-refractivity contribution in [2.45, 2.75) is 38.3 Å². The summed E-state index contributed by atoms with van der Waals surface area (Å²) >= 11 is 0. The molecule has 0 unspecified atom stereocenters. The van der Waals surface area contributed by atoms with Gasteiger partial charge in [-0.05, 0) is 43.6 Å². The van der Waals surface area contributed by atoms with Gasteiger partial charge in [0, 0.05) is 31.7 Å². The van der Waals surface area contributed by atoms with Gasteiger partial charge in [0.25, 0.3) is 5.91 Å². The normalized spacial score (nSPS) is 22.4. The Balaban J connectivity index is 1.59. The molecule has 2 saturated heterocycles. The molecule has 136 valence electrons. The second-order valence-corrected chi connectivity index (χ2v) is 6.98. The predicted molar refractivity (Wildman–Crippen MR) is 95.5 cm³/mol. The van der Waals surface area contributed by atoms with E-state index < -0.39 is 12.0 Å². The fourth-order valence-electron chi connectivity index (χ4n) is 3.59. The van der Waals surface area contributed by atoms with Crippen LogP contribution in [0.3, 0.4) is 0 Å². The summed E-state index contributed by atoms with van der Waals surface area (Å²) in [6.07, 6.45) is 5.19. The SMILES string of the molecule is O=C(O)[C@@H]1CN(C(=O)c2ccc(CN3CCCCCC3)cc2)CCN1. The minimum absolute atomic E-state index is 0.0888. The molecule has 0 bridgehead atoms. The summed E-state index contributed by atoms with van der Waals surface area (Å²) in [5.41, 5.74) is 1.85. The van der Waals surface area contributed by atoms with Crippen molar-refractivity contribution >= 4 is 11.9 Å². The van der Waals surface area contributed by atoms with E-state index in [1.807, 2.05) is 24.3 Å². The smallest absolute Gasteiger partial charge is 0.322 e. The molecule has 0 aromatic heterocycles. The molecule has 1 atom stereocenters. The lowest BCUT2D eigenvalue weighted by Crippen LogP contribution is -2.55. The second-order valence-electron chi connectivity index (χ2n) is 6.98. The monoisotopic (exact) mass is 345 g/mol. The first-order valence-corrected chi connectivity index (χ1v) is 9.20. The van der Waals surface area contributed by atoms with Crippen molar-refractivity contribution in [2.75, 3.05) is 32.7 Å². The Hall–Kier alpha value is -1.92. The maximum Gasteiger partial charge on any atom is 0.322 e. The third-order valence-electron chi connectivity index (χ3n) is 5.07. The molecule has 0 aliphatic carbocycles. The number of aliphatic carboxylic acids is 1. The molecular formula is C19H27N3O3. The third-order valence-corrected chi connectivity index (χ3v) is 5.07. The minimum Gasteiger partial charge on any atom is -0.480 e. The molecule has 25 heavy (non-hydrogen) atoms. The Labute approximate surface area is 148 Å². The molecule has 3 rings (SSSR count). The molecule has 1 amide bonds. The number of nitrogens with zero attached hydrogens (tertiary/aromatic N) is 2. The van der Waals surface area contributed by atoms with Crippen molar-refractivity contribution in [2.24, 2.45) is 0 Å². The summed E-state index contributed by atoms with van der Waals surface area (Å²) in [5, 5.41) is 12.0. The molecule has 1 aromatic carbocycles. The minimum atomic E-state index is -0.912. The van der Waals surface area contributed by atoms with Crippen LogP contribution in [-0.4, -0.2) is 65.5 Å². The number of benzene rings is 1. The highest BCUT2D eigenvalue weighted by atomic mass is 16.4. The first kappa shape index (κ1) is 17.9. The number of rotatable bonds is 4. The Morgan fingerprint density at radius 1 is 1.04 bits per heavy atom. The molecule has 6 nitrogen and oxygen atoms in total. The second kappa shape index (κ2) is 8.45. The lowest BCUT2D eigenvalue weighted by molar-refractivity contribution is -0.140. The summed E-state index contributed by atoms with van der Waals surface area (Å²) in [6.45, 7) is 4.50. The Morgan fingerprint density at radius 3 is 2.36 bits per heavy atom. The number of piperazine rings is 1. The quantitative estimate of drug-likeness (QED) is 0.866. The number of carboxylic acids is 1. The largest absolute Gasteiger partial charge is 0.480 e. The summed E-state index contributed by atoms with van der Waals surface area (Å²) < 4.78 is 0. The summed E-state index contributed by atoms with van der Waals surface area (Å²) in [6, 6.07) is 7.10. The van der Waals surface area contributed by atoms with Gasteiger partial charge < -0.3 is 15.3 Å². The highest BCUT2D eigenvalue weighted by Crippen LogP contribution is 2.15. The van der Waals surface area contributed by atoms with Gasteiger partial charge in [0.15, 0.2) is 0 Å². The van der Waals surface area contributed by atoms with Crippen LogP contribution in [0.1, 0.15) is 41.6 Å². The number of nitrogens with one attached hydrogen (secondary N) is 1. The number of amides is 1. The summed E-state index contributed by atoms with van der Waals surface area (Å²) in [4.78, 5) is 27.8. The van der Waals surface area contributed by atoms with Crippen LogP contribution >= 0.6 is 0 Å².